The van der Waals surface area contributed by atoms with E-state index in [9.17, 15) is 9.59 Å². The summed E-state index contributed by atoms with van der Waals surface area (Å²) in [5, 5.41) is 0.698. The van der Waals surface area contributed by atoms with Crippen LogP contribution >= 0.6 is 11.6 Å². The molecule has 0 aliphatic carbocycles. The van der Waals surface area contributed by atoms with Crippen molar-refractivity contribution in [1.82, 2.24) is 4.90 Å². The second kappa shape index (κ2) is 7.72. The molecule has 146 valence electrons. The minimum atomic E-state index is -0.603. The maximum Gasteiger partial charge on any atom is 0.418 e. The smallest absolute Gasteiger partial charge is 0.418 e. The average Bonchev–Trinajstić information content (AvgIpc) is 3.04. The Balaban J connectivity index is 1.45. The zero-order valence-corrected chi connectivity index (χ0v) is 16.2. The largest absolute Gasteiger partial charge is 0.491 e. The molecule has 2 heterocycles. The lowest BCUT2D eigenvalue weighted by Gasteiger charge is -2.30. The van der Waals surface area contributed by atoms with Crippen molar-refractivity contribution in [3.8, 4) is 11.5 Å². The summed E-state index contributed by atoms with van der Waals surface area (Å²) in [6.07, 6.45) is 0.881. The molecule has 7 heteroatoms. The van der Waals surface area contributed by atoms with Crippen LogP contribution in [0.2, 0.25) is 5.02 Å². The molecule has 0 bridgehead atoms. The van der Waals surface area contributed by atoms with Crippen molar-refractivity contribution < 1.29 is 23.8 Å². The van der Waals surface area contributed by atoms with Gasteiger partial charge in [0.25, 0.3) is 0 Å². The van der Waals surface area contributed by atoms with Crippen LogP contribution in [0.25, 0.3) is 0 Å². The van der Waals surface area contributed by atoms with Gasteiger partial charge < -0.3 is 14.2 Å². The second-order valence-corrected chi connectivity index (χ2v) is 7.23. The third kappa shape index (κ3) is 3.64. The highest BCUT2D eigenvalue weighted by atomic mass is 35.5. The first kappa shape index (κ1) is 18.6. The average molecular weight is 402 g/mol. The highest BCUT2D eigenvalue weighted by Gasteiger charge is 2.37. The Kier molecular flexibility index (Phi) is 5.13. The summed E-state index contributed by atoms with van der Waals surface area (Å²) < 4.78 is 16.4. The molecule has 1 unspecified atom stereocenters. The molecule has 0 N–H and O–H groups in total. The number of halogens is 1. The molecular formula is C21H20ClNO5. The molecule has 1 atom stereocenters. The fourth-order valence-electron chi connectivity index (χ4n) is 3.55. The van der Waals surface area contributed by atoms with Gasteiger partial charge in [-0.1, -0.05) is 36.7 Å². The van der Waals surface area contributed by atoms with Gasteiger partial charge in [0.1, 0.15) is 31.3 Å². The fraction of sp³-hybridized carbons (Fsp3) is 0.333. The van der Waals surface area contributed by atoms with E-state index in [1.54, 1.807) is 0 Å². The molecule has 4 rings (SSSR count). The summed E-state index contributed by atoms with van der Waals surface area (Å²) in [4.78, 5) is 24.5. The third-order valence-electron chi connectivity index (χ3n) is 5.08. The molecule has 0 radical (unpaired) electrons. The molecule has 1 amide bonds. The van der Waals surface area contributed by atoms with Crippen LogP contribution in [-0.4, -0.2) is 36.2 Å². The molecule has 2 aromatic rings. The lowest BCUT2D eigenvalue weighted by Crippen LogP contribution is -2.43. The molecule has 0 spiro atoms. The predicted octanol–water partition coefficient (Wildman–Crippen LogP) is 3.76. The normalized spacial score (nSPS) is 18.5. The first-order valence-electron chi connectivity index (χ1n) is 9.21. The highest BCUT2D eigenvalue weighted by Crippen LogP contribution is 2.32. The van der Waals surface area contributed by atoms with E-state index in [2.05, 4.69) is 17.7 Å². The molecule has 1 saturated heterocycles. The number of carbonyl (C=O) groups is 2. The number of hydrogen-bond donors (Lipinski definition) is 0. The molecule has 2 aliphatic rings. The van der Waals surface area contributed by atoms with Crippen molar-refractivity contribution in [2.24, 2.45) is 0 Å². The minimum absolute atomic E-state index is 0.0268. The molecule has 2 aliphatic heterocycles. The Morgan fingerprint density at radius 2 is 2.11 bits per heavy atom. The van der Waals surface area contributed by atoms with Gasteiger partial charge in [0.15, 0.2) is 0 Å². The van der Waals surface area contributed by atoms with Crippen molar-refractivity contribution in [1.29, 1.82) is 0 Å². The minimum Gasteiger partial charge on any atom is -0.491 e. The summed E-state index contributed by atoms with van der Waals surface area (Å²) in [6.45, 7) is 2.75. The van der Waals surface area contributed by atoms with Gasteiger partial charge in [-0.25, -0.2) is 9.59 Å². The second-order valence-electron chi connectivity index (χ2n) is 6.83. The van der Waals surface area contributed by atoms with Gasteiger partial charge in [-0.15, -0.1) is 0 Å². The van der Waals surface area contributed by atoms with Crippen LogP contribution in [0.3, 0.4) is 0 Å². The van der Waals surface area contributed by atoms with E-state index in [1.165, 1.54) is 4.90 Å². The maximum atomic E-state index is 11.7. The third-order valence-corrected chi connectivity index (χ3v) is 5.44. The van der Waals surface area contributed by atoms with Gasteiger partial charge in [0.2, 0.25) is 0 Å². The lowest BCUT2D eigenvalue weighted by molar-refractivity contribution is -0.133. The van der Waals surface area contributed by atoms with E-state index >= 15 is 0 Å². The van der Waals surface area contributed by atoms with Gasteiger partial charge in [0, 0.05) is 16.7 Å². The van der Waals surface area contributed by atoms with Crippen LogP contribution in [0, 0.1) is 0 Å². The number of carbonyl (C=O) groups excluding carboxylic acids is 2. The van der Waals surface area contributed by atoms with Crippen molar-refractivity contribution in [2.45, 2.75) is 32.4 Å². The van der Waals surface area contributed by atoms with Gasteiger partial charge in [-0.2, -0.15) is 0 Å². The van der Waals surface area contributed by atoms with Gasteiger partial charge >= 0.3 is 12.1 Å². The first-order chi connectivity index (χ1) is 13.5. The topological polar surface area (TPSA) is 65.1 Å². The number of esters is 1. The lowest BCUT2D eigenvalue weighted by atomic mass is 10.0. The van der Waals surface area contributed by atoms with Crippen LogP contribution in [-0.2, 0) is 29.0 Å². The van der Waals surface area contributed by atoms with Crippen molar-refractivity contribution in [3.05, 3.63) is 58.1 Å². The Labute approximate surface area is 167 Å². The van der Waals surface area contributed by atoms with Gasteiger partial charge in [0.05, 0.1) is 6.04 Å². The number of rotatable bonds is 5. The summed E-state index contributed by atoms with van der Waals surface area (Å²) in [6, 6.07) is 11.3. The standard InChI is InChI=1S/C21H20ClNO5/c1-2-13-4-3-5-18(22)17(13)12-26-16-7-6-14-8-15(11-27-19(14)9-16)23-10-20(24)28-21(23)25/h3-7,9,15H,2,8,10-12H2,1H3. The number of hydrogen-bond acceptors (Lipinski definition) is 5. The summed E-state index contributed by atoms with van der Waals surface area (Å²) in [5.41, 5.74) is 3.11. The Bertz CT molecular complexity index is 929. The van der Waals surface area contributed by atoms with Crippen molar-refractivity contribution in [3.63, 3.8) is 0 Å². The SMILES string of the molecule is CCc1cccc(Cl)c1COc1ccc2c(c1)OCC(N1CC(=O)OC1=O)C2. The number of cyclic esters (lactones) is 2. The fourth-order valence-corrected chi connectivity index (χ4v) is 3.80. The van der Waals surface area contributed by atoms with E-state index in [0.29, 0.717) is 30.4 Å². The van der Waals surface area contributed by atoms with E-state index in [1.807, 2.05) is 30.3 Å². The highest BCUT2D eigenvalue weighted by molar-refractivity contribution is 6.31. The summed E-state index contributed by atoms with van der Waals surface area (Å²) >= 11 is 6.32. The maximum absolute atomic E-state index is 11.7. The van der Waals surface area contributed by atoms with Gasteiger partial charge in [-0.05, 0) is 36.1 Å². The van der Waals surface area contributed by atoms with Crippen LogP contribution in [0.4, 0.5) is 4.79 Å². The first-order valence-corrected chi connectivity index (χ1v) is 9.59. The Morgan fingerprint density at radius 1 is 1.25 bits per heavy atom. The Morgan fingerprint density at radius 3 is 2.86 bits per heavy atom. The van der Waals surface area contributed by atoms with Crippen LogP contribution in [0.5, 0.6) is 11.5 Å². The number of benzene rings is 2. The molecule has 28 heavy (non-hydrogen) atoms. The quantitative estimate of drug-likeness (QED) is 0.563. The molecule has 6 nitrogen and oxygen atoms in total. The van der Waals surface area contributed by atoms with Crippen molar-refractivity contribution >= 4 is 23.7 Å². The number of aryl methyl sites for hydroxylation is 1. The molecule has 2 aromatic carbocycles. The van der Waals surface area contributed by atoms with Gasteiger partial charge in [-0.3, -0.25) is 4.90 Å². The number of nitrogens with zero attached hydrogens (tertiary/aromatic N) is 1. The number of ether oxygens (including phenoxy) is 3. The van der Waals surface area contributed by atoms with Crippen molar-refractivity contribution in [2.75, 3.05) is 13.2 Å². The monoisotopic (exact) mass is 401 g/mol. The predicted molar refractivity (Wildman–Crippen MR) is 103 cm³/mol. The van der Waals surface area contributed by atoms with Crippen LogP contribution < -0.4 is 9.47 Å². The van der Waals surface area contributed by atoms with E-state index in [-0.39, 0.29) is 12.6 Å². The van der Waals surface area contributed by atoms with E-state index in [0.717, 1.165) is 28.9 Å². The molecular weight excluding hydrogens is 382 g/mol. The zero-order chi connectivity index (χ0) is 19.7. The Hall–Kier alpha value is -2.73. The zero-order valence-electron chi connectivity index (χ0n) is 15.4. The number of fused-ring (bicyclic) bond motifs is 1. The summed E-state index contributed by atoms with van der Waals surface area (Å²) in [7, 11) is 0. The summed E-state index contributed by atoms with van der Waals surface area (Å²) in [5.74, 6) is 0.892. The molecule has 0 saturated carbocycles. The van der Waals surface area contributed by atoms with Crippen LogP contribution in [0.15, 0.2) is 36.4 Å². The molecule has 1 fully saturated rings. The van der Waals surface area contributed by atoms with Crippen LogP contribution in [0.1, 0.15) is 23.6 Å². The van der Waals surface area contributed by atoms with E-state index in [4.69, 9.17) is 21.1 Å². The van der Waals surface area contributed by atoms with E-state index < -0.39 is 12.1 Å². The molecule has 0 aromatic heterocycles. The number of amides is 1.